The minimum Gasteiger partial charge on any atom is -0.268 e. The van der Waals surface area contributed by atoms with Crippen molar-refractivity contribution in [1.82, 2.24) is 14.2 Å². The number of aryl methyl sites for hydroxylation is 3. The first-order valence-electron chi connectivity index (χ1n) is 17.0. The Hall–Kier alpha value is -6.42. The highest BCUT2D eigenvalue weighted by molar-refractivity contribution is 7.90. The second-order valence-electron chi connectivity index (χ2n) is 12.4. The molecule has 0 heterocycles. The van der Waals surface area contributed by atoms with Crippen LogP contribution in [0.2, 0.25) is 0 Å². The molecule has 0 aromatic heterocycles. The molecule has 6 aromatic rings. The van der Waals surface area contributed by atoms with Crippen molar-refractivity contribution in [2.24, 2.45) is 0 Å². The molecule has 15 heteroatoms. The molecule has 0 aliphatic carbocycles. The average Bonchev–Trinajstić information content (AvgIpc) is 3.19. The zero-order valence-electron chi connectivity index (χ0n) is 31.0. The molecule has 0 atom stereocenters. The number of amides is 3. The highest BCUT2D eigenvalue weighted by Gasteiger charge is 2.20. The van der Waals surface area contributed by atoms with Gasteiger partial charge in [0.15, 0.2) is 0 Å². The minimum atomic E-state index is -3.82. The highest BCUT2D eigenvalue weighted by atomic mass is 32.2. The number of rotatable bonds is 9. The maximum absolute atomic E-state index is 12.0. The molecule has 294 valence electrons. The molecule has 0 unspecified atom stereocenters. The lowest BCUT2D eigenvalue weighted by molar-refractivity contribution is 0.0972. The van der Waals surface area contributed by atoms with Gasteiger partial charge in [-0.2, -0.15) is 0 Å². The Balaban J connectivity index is 0.000000189. The van der Waals surface area contributed by atoms with Crippen molar-refractivity contribution in [3.05, 3.63) is 197 Å². The molecule has 6 rings (SSSR count). The third-order valence-electron chi connectivity index (χ3n) is 7.68. The van der Waals surface area contributed by atoms with Crippen molar-refractivity contribution in [3.63, 3.8) is 0 Å². The number of hydrogen-bond acceptors (Lipinski definition) is 9. The summed E-state index contributed by atoms with van der Waals surface area (Å²) in [5, 5.41) is 0. The van der Waals surface area contributed by atoms with Gasteiger partial charge in [0.1, 0.15) is 0 Å². The van der Waals surface area contributed by atoms with Gasteiger partial charge in [0.05, 0.1) is 14.7 Å². The molecule has 3 N–H and O–H groups in total. The predicted octanol–water partition coefficient (Wildman–Crippen LogP) is 6.34. The summed E-state index contributed by atoms with van der Waals surface area (Å²) in [6, 6.07) is 43.6. The van der Waals surface area contributed by atoms with Gasteiger partial charge in [-0.1, -0.05) is 108 Å². The molecule has 12 nitrogen and oxygen atoms in total. The van der Waals surface area contributed by atoms with E-state index in [2.05, 4.69) is 0 Å². The molecule has 0 fully saturated rings. The quantitative estimate of drug-likeness (QED) is 0.149. The largest absolute Gasteiger partial charge is 0.268 e. The van der Waals surface area contributed by atoms with Gasteiger partial charge < -0.3 is 0 Å². The summed E-state index contributed by atoms with van der Waals surface area (Å²) < 4.78 is 78.0. The van der Waals surface area contributed by atoms with Crippen molar-refractivity contribution < 1.29 is 39.6 Å². The number of benzene rings is 6. The van der Waals surface area contributed by atoms with E-state index in [1.807, 2.05) is 53.1 Å². The number of carbonyl (C=O) groups excluding carboxylic acids is 3. The fourth-order valence-electron chi connectivity index (χ4n) is 4.88. The van der Waals surface area contributed by atoms with Crippen LogP contribution < -0.4 is 14.2 Å². The standard InChI is InChI=1S/3C14H13NO3S/c3*1-11-6-5-7-12(10-11)14(16)15-19(17,18)13-8-3-2-4-9-13/h3*2-10H,1H3,(H,15,16). The summed E-state index contributed by atoms with van der Waals surface area (Å²) in [5.74, 6) is -1.90. The molecular formula is C42H39N3O9S3. The van der Waals surface area contributed by atoms with Crippen molar-refractivity contribution in [1.29, 1.82) is 0 Å². The van der Waals surface area contributed by atoms with Crippen molar-refractivity contribution >= 4 is 47.8 Å². The SMILES string of the molecule is Cc1cccc(C(=O)NS(=O)(=O)c2ccccc2)c1.Cc1cccc(C(=O)NS(=O)(=O)c2ccccc2)c1.Cc1cccc(C(=O)NS(=O)(=O)c2ccccc2)c1. The lowest BCUT2D eigenvalue weighted by Gasteiger charge is -2.07. The number of nitrogens with one attached hydrogen (secondary N) is 3. The normalized spacial score (nSPS) is 11.0. The molecule has 0 aliphatic heterocycles. The van der Waals surface area contributed by atoms with E-state index in [1.165, 1.54) is 36.4 Å². The zero-order chi connectivity index (χ0) is 41.6. The van der Waals surface area contributed by atoms with Crippen molar-refractivity contribution in [2.45, 2.75) is 35.5 Å². The van der Waals surface area contributed by atoms with Crippen molar-refractivity contribution in [2.75, 3.05) is 0 Å². The van der Waals surface area contributed by atoms with Crippen molar-refractivity contribution in [3.8, 4) is 0 Å². The Morgan fingerprint density at radius 2 is 0.561 bits per heavy atom. The van der Waals surface area contributed by atoms with E-state index in [9.17, 15) is 39.6 Å². The molecule has 0 saturated heterocycles. The first-order chi connectivity index (χ1) is 27.0. The van der Waals surface area contributed by atoms with E-state index in [0.29, 0.717) is 16.7 Å². The van der Waals surface area contributed by atoms with Gasteiger partial charge in [0.2, 0.25) is 0 Å². The Kier molecular flexibility index (Phi) is 14.8. The van der Waals surface area contributed by atoms with E-state index >= 15 is 0 Å². The maximum Gasteiger partial charge on any atom is 0.265 e. The highest BCUT2D eigenvalue weighted by Crippen LogP contribution is 2.12. The van der Waals surface area contributed by atoms with Gasteiger partial charge in [-0.25, -0.2) is 39.4 Å². The second-order valence-corrected chi connectivity index (χ2v) is 17.4. The number of carbonyl (C=O) groups is 3. The Morgan fingerprint density at radius 1 is 0.333 bits per heavy atom. The molecule has 0 radical (unpaired) electrons. The van der Waals surface area contributed by atoms with Crippen LogP contribution in [-0.4, -0.2) is 43.0 Å². The maximum atomic E-state index is 12.0. The van der Waals surface area contributed by atoms with Crippen LogP contribution in [0.25, 0.3) is 0 Å². The van der Waals surface area contributed by atoms with E-state index in [4.69, 9.17) is 0 Å². The Morgan fingerprint density at radius 3 is 0.772 bits per heavy atom. The van der Waals surface area contributed by atoms with Crippen LogP contribution in [0.3, 0.4) is 0 Å². The second kappa shape index (κ2) is 19.4. The molecular weight excluding hydrogens is 787 g/mol. The van der Waals surface area contributed by atoms with Gasteiger partial charge in [0, 0.05) is 16.7 Å². The summed E-state index contributed by atoms with van der Waals surface area (Å²) >= 11 is 0. The molecule has 3 amide bonds. The summed E-state index contributed by atoms with van der Waals surface area (Å²) in [7, 11) is -11.5. The Labute approximate surface area is 332 Å². The van der Waals surface area contributed by atoms with Crippen LogP contribution in [-0.2, 0) is 30.1 Å². The lowest BCUT2D eigenvalue weighted by Crippen LogP contribution is -2.30. The third-order valence-corrected chi connectivity index (χ3v) is 11.7. The van der Waals surface area contributed by atoms with Gasteiger partial charge >= 0.3 is 0 Å². The first-order valence-corrected chi connectivity index (χ1v) is 21.5. The van der Waals surface area contributed by atoms with Crippen LogP contribution in [0.1, 0.15) is 47.8 Å². The van der Waals surface area contributed by atoms with Crippen LogP contribution in [0.4, 0.5) is 0 Å². The lowest BCUT2D eigenvalue weighted by atomic mass is 10.1. The summed E-state index contributed by atoms with van der Waals surface area (Å²) in [5.41, 5.74) is 3.64. The smallest absolute Gasteiger partial charge is 0.265 e. The van der Waals surface area contributed by atoms with E-state index < -0.39 is 47.8 Å². The molecule has 57 heavy (non-hydrogen) atoms. The topological polar surface area (TPSA) is 190 Å². The van der Waals surface area contributed by atoms with E-state index in [0.717, 1.165) is 16.7 Å². The first kappa shape index (κ1) is 43.3. The molecule has 0 bridgehead atoms. The monoisotopic (exact) mass is 825 g/mol. The van der Waals surface area contributed by atoms with E-state index in [-0.39, 0.29) is 14.7 Å². The minimum absolute atomic E-state index is 0.0657. The van der Waals surface area contributed by atoms with Crippen LogP contribution in [0, 0.1) is 20.8 Å². The summed E-state index contributed by atoms with van der Waals surface area (Å²) in [4.78, 5) is 35.9. The van der Waals surface area contributed by atoms with Gasteiger partial charge in [-0.05, 0) is 93.6 Å². The Bertz CT molecular complexity index is 2380. The predicted molar refractivity (Wildman–Crippen MR) is 217 cm³/mol. The summed E-state index contributed by atoms with van der Waals surface area (Å²) in [6.07, 6.45) is 0. The van der Waals surface area contributed by atoms with Gasteiger partial charge in [-0.15, -0.1) is 0 Å². The number of hydrogen-bond donors (Lipinski definition) is 3. The van der Waals surface area contributed by atoms with E-state index in [1.54, 1.807) is 109 Å². The molecule has 6 aromatic carbocycles. The fourth-order valence-corrected chi connectivity index (χ4v) is 7.86. The van der Waals surface area contributed by atoms with Crippen LogP contribution in [0.5, 0.6) is 0 Å². The molecule has 0 spiro atoms. The fraction of sp³-hybridized carbons (Fsp3) is 0.0714. The third kappa shape index (κ3) is 13.1. The molecule has 0 saturated carbocycles. The molecule has 0 aliphatic rings. The van der Waals surface area contributed by atoms with Gasteiger partial charge in [-0.3, -0.25) is 14.4 Å². The van der Waals surface area contributed by atoms with Gasteiger partial charge in [0.25, 0.3) is 47.8 Å². The summed E-state index contributed by atoms with van der Waals surface area (Å²) in [6.45, 7) is 5.51. The van der Waals surface area contributed by atoms with Crippen LogP contribution >= 0.6 is 0 Å². The average molecular weight is 826 g/mol. The zero-order valence-corrected chi connectivity index (χ0v) is 33.4. The van der Waals surface area contributed by atoms with Crippen LogP contribution in [0.15, 0.2) is 178 Å². The number of sulfonamides is 3.